The van der Waals surface area contributed by atoms with Gasteiger partial charge in [-0.2, -0.15) is 8.78 Å². The van der Waals surface area contributed by atoms with Crippen molar-refractivity contribution in [3.63, 3.8) is 0 Å². The van der Waals surface area contributed by atoms with Crippen molar-refractivity contribution in [2.45, 2.75) is 6.61 Å². The predicted octanol–water partition coefficient (Wildman–Crippen LogP) is 3.65. The first-order chi connectivity index (χ1) is 10.6. The number of H-pyrrole nitrogens is 1. The number of halogens is 2. The molecule has 0 aliphatic rings. The molecule has 3 rings (SSSR count). The Balaban J connectivity index is 2.32. The van der Waals surface area contributed by atoms with Crippen LogP contribution in [0.1, 0.15) is 0 Å². The van der Waals surface area contributed by atoms with Crippen LogP contribution in [-0.2, 0) is 0 Å². The fraction of sp³-hybridized carbons (Fsp3) is 0.0667. The summed E-state index contributed by atoms with van der Waals surface area (Å²) in [5.41, 5.74) is 0.352. The molecule has 1 N–H and O–H groups in total. The van der Waals surface area contributed by atoms with Crippen molar-refractivity contribution in [3.8, 4) is 11.4 Å². The molecule has 0 saturated carbocycles. The maximum Gasteiger partial charge on any atom is 0.387 e. The molecule has 0 saturated heterocycles. The summed E-state index contributed by atoms with van der Waals surface area (Å²) in [5, 5.41) is 0.406. The van der Waals surface area contributed by atoms with E-state index in [1.807, 2.05) is 0 Å². The number of rotatable bonds is 3. The van der Waals surface area contributed by atoms with Crippen LogP contribution in [0, 0.1) is 4.77 Å². The number of hydrogen-bond donors (Lipinski definition) is 1. The van der Waals surface area contributed by atoms with Crippen molar-refractivity contribution in [1.82, 2.24) is 9.55 Å². The van der Waals surface area contributed by atoms with Crippen molar-refractivity contribution in [2.75, 3.05) is 0 Å². The van der Waals surface area contributed by atoms with Crippen LogP contribution < -0.4 is 10.3 Å². The Morgan fingerprint density at radius 3 is 2.55 bits per heavy atom. The number of ether oxygens (including phenoxy) is 1. The highest BCUT2D eigenvalue weighted by Crippen LogP contribution is 2.24. The number of nitrogens with one attached hydrogen (secondary N) is 1. The zero-order valence-corrected chi connectivity index (χ0v) is 11.9. The van der Waals surface area contributed by atoms with Crippen LogP contribution in [0.15, 0.2) is 53.3 Å². The smallest absolute Gasteiger partial charge is 0.387 e. The largest absolute Gasteiger partial charge is 0.433 e. The molecule has 1 aromatic heterocycles. The number of alkyl halides is 2. The summed E-state index contributed by atoms with van der Waals surface area (Å²) in [5.74, 6) is -0.116. The van der Waals surface area contributed by atoms with Crippen molar-refractivity contribution in [1.29, 1.82) is 0 Å². The molecule has 0 unspecified atom stereocenters. The minimum Gasteiger partial charge on any atom is -0.433 e. The van der Waals surface area contributed by atoms with E-state index in [4.69, 9.17) is 12.2 Å². The first-order valence-corrected chi connectivity index (χ1v) is 6.77. The monoisotopic (exact) mass is 320 g/mol. The summed E-state index contributed by atoms with van der Waals surface area (Å²) in [6.45, 7) is -2.99. The van der Waals surface area contributed by atoms with Gasteiger partial charge >= 0.3 is 6.61 Å². The van der Waals surface area contributed by atoms with Crippen molar-refractivity contribution in [3.05, 3.63) is 63.7 Å². The van der Waals surface area contributed by atoms with Crippen molar-refractivity contribution in [2.24, 2.45) is 0 Å². The van der Waals surface area contributed by atoms with Crippen LogP contribution in [0.5, 0.6) is 5.75 Å². The first kappa shape index (κ1) is 14.4. The maximum atomic E-state index is 12.6. The zero-order valence-electron chi connectivity index (χ0n) is 11.1. The third kappa shape index (κ3) is 2.50. The van der Waals surface area contributed by atoms with E-state index >= 15 is 0 Å². The Morgan fingerprint density at radius 2 is 1.77 bits per heavy atom. The summed E-state index contributed by atoms with van der Waals surface area (Å²) in [6, 6.07) is 12.9. The molecule has 0 fully saturated rings. The van der Waals surface area contributed by atoms with E-state index in [9.17, 15) is 13.6 Å². The molecule has 2 aromatic carbocycles. The Labute approximate surface area is 128 Å². The zero-order chi connectivity index (χ0) is 15.7. The summed E-state index contributed by atoms with van der Waals surface area (Å²) in [7, 11) is 0. The quantitative estimate of drug-likeness (QED) is 0.749. The summed E-state index contributed by atoms with van der Waals surface area (Å²) >= 11 is 5.19. The number of fused-ring (bicyclic) bond motifs is 1. The molecule has 22 heavy (non-hydrogen) atoms. The first-order valence-electron chi connectivity index (χ1n) is 6.36. The van der Waals surface area contributed by atoms with Crippen LogP contribution in [0.25, 0.3) is 16.6 Å². The lowest BCUT2D eigenvalue weighted by atomic mass is 10.2. The lowest BCUT2D eigenvalue weighted by molar-refractivity contribution is -0.0498. The lowest BCUT2D eigenvalue weighted by Crippen LogP contribution is -2.21. The van der Waals surface area contributed by atoms with E-state index in [1.165, 1.54) is 12.1 Å². The van der Waals surface area contributed by atoms with E-state index in [0.717, 1.165) is 4.57 Å². The molecule has 7 heteroatoms. The molecule has 3 aromatic rings. The molecule has 0 spiro atoms. The van der Waals surface area contributed by atoms with Crippen LogP contribution in [0.2, 0.25) is 0 Å². The molecule has 112 valence electrons. The number of para-hydroxylation sites is 3. The van der Waals surface area contributed by atoms with E-state index in [1.54, 1.807) is 36.4 Å². The topological polar surface area (TPSA) is 47.0 Å². The van der Waals surface area contributed by atoms with Crippen LogP contribution in [0.3, 0.4) is 0 Å². The fourth-order valence-corrected chi connectivity index (χ4v) is 2.51. The molecule has 0 bridgehead atoms. The number of aromatic nitrogens is 2. The van der Waals surface area contributed by atoms with Crippen LogP contribution in [-0.4, -0.2) is 16.2 Å². The van der Waals surface area contributed by atoms with E-state index in [0.29, 0.717) is 10.9 Å². The second-order valence-corrected chi connectivity index (χ2v) is 4.85. The van der Waals surface area contributed by atoms with Gasteiger partial charge in [0.15, 0.2) is 4.77 Å². The standard InChI is InChI=1S/C15H10F2N2O2S/c16-14(17)21-12-8-4-3-7-11(12)19-13(20)9-5-1-2-6-10(9)18-15(19)22/h1-8,14H,(H,18,22). The number of nitrogens with zero attached hydrogens (tertiary/aromatic N) is 1. The highest BCUT2D eigenvalue weighted by molar-refractivity contribution is 7.71. The molecule has 0 radical (unpaired) electrons. The van der Waals surface area contributed by atoms with Gasteiger partial charge < -0.3 is 9.72 Å². The van der Waals surface area contributed by atoms with Gasteiger partial charge in [-0.3, -0.25) is 4.79 Å². The van der Waals surface area contributed by atoms with Gasteiger partial charge in [0.1, 0.15) is 5.75 Å². The van der Waals surface area contributed by atoms with Crippen LogP contribution in [0.4, 0.5) is 8.78 Å². The van der Waals surface area contributed by atoms with Crippen molar-refractivity contribution >= 4 is 23.1 Å². The molecule has 0 aliphatic carbocycles. The van der Waals surface area contributed by atoms with Gasteiger partial charge in [-0.1, -0.05) is 24.3 Å². The van der Waals surface area contributed by atoms with Crippen molar-refractivity contribution < 1.29 is 13.5 Å². The predicted molar refractivity (Wildman–Crippen MR) is 81.4 cm³/mol. The Morgan fingerprint density at radius 1 is 1.09 bits per heavy atom. The Kier molecular flexibility index (Phi) is 3.72. The highest BCUT2D eigenvalue weighted by Gasteiger charge is 2.14. The van der Waals surface area contributed by atoms with Gasteiger partial charge in [-0.25, -0.2) is 4.57 Å². The summed E-state index contributed by atoms with van der Waals surface area (Å²) < 4.78 is 30.8. The van der Waals surface area contributed by atoms with E-state index < -0.39 is 12.2 Å². The van der Waals surface area contributed by atoms with Gasteiger partial charge in [-0.05, 0) is 36.5 Å². The van der Waals surface area contributed by atoms with Crippen LogP contribution >= 0.6 is 12.2 Å². The number of hydrogen-bond acceptors (Lipinski definition) is 3. The van der Waals surface area contributed by atoms with E-state index in [2.05, 4.69) is 9.72 Å². The fourth-order valence-electron chi connectivity index (χ4n) is 2.22. The van der Waals surface area contributed by atoms with Gasteiger partial charge in [0, 0.05) is 0 Å². The molecular formula is C15H10F2N2O2S. The molecule has 4 nitrogen and oxygen atoms in total. The number of benzene rings is 2. The molecule has 0 amide bonds. The Bertz CT molecular complexity index is 950. The maximum absolute atomic E-state index is 12.6. The minimum atomic E-state index is -2.99. The van der Waals surface area contributed by atoms with Gasteiger partial charge in [-0.15, -0.1) is 0 Å². The molecule has 0 atom stereocenters. The second kappa shape index (κ2) is 5.69. The third-order valence-electron chi connectivity index (χ3n) is 3.13. The lowest BCUT2D eigenvalue weighted by Gasteiger charge is -2.13. The molecular weight excluding hydrogens is 310 g/mol. The normalized spacial score (nSPS) is 11.0. The second-order valence-electron chi connectivity index (χ2n) is 4.46. The highest BCUT2D eigenvalue weighted by atomic mass is 32.1. The van der Waals surface area contributed by atoms with Gasteiger partial charge in [0.25, 0.3) is 5.56 Å². The van der Waals surface area contributed by atoms with Gasteiger partial charge in [0.05, 0.1) is 16.6 Å². The molecule has 0 aliphatic heterocycles. The van der Waals surface area contributed by atoms with E-state index in [-0.39, 0.29) is 16.2 Å². The van der Waals surface area contributed by atoms with Gasteiger partial charge in [0.2, 0.25) is 0 Å². The summed E-state index contributed by atoms with van der Waals surface area (Å²) in [4.78, 5) is 15.5. The average Bonchev–Trinajstić information content (AvgIpc) is 2.48. The molecule has 1 heterocycles. The summed E-state index contributed by atoms with van der Waals surface area (Å²) in [6.07, 6.45) is 0. The Hall–Kier alpha value is -2.54. The average molecular weight is 320 g/mol. The minimum absolute atomic E-state index is 0.106. The number of aromatic amines is 1. The third-order valence-corrected chi connectivity index (χ3v) is 3.41. The SMILES string of the molecule is O=c1c2ccccc2[nH]c(=S)n1-c1ccccc1OC(F)F.